The third kappa shape index (κ3) is 4.56. The molecular weight excluding hydrogens is 424 g/mol. The van der Waals surface area contributed by atoms with E-state index in [1.807, 2.05) is 23.6 Å². The van der Waals surface area contributed by atoms with Gasteiger partial charge >= 0.3 is 0 Å². The van der Waals surface area contributed by atoms with Gasteiger partial charge in [0.2, 0.25) is 6.79 Å². The third-order valence-corrected chi connectivity index (χ3v) is 6.70. The predicted molar refractivity (Wildman–Crippen MR) is 125 cm³/mol. The molecule has 5 rings (SSSR count). The minimum atomic E-state index is -0.158. The van der Waals surface area contributed by atoms with Crippen LogP contribution in [-0.2, 0) is 13.1 Å². The standard InChI is InChI=1S/C24H26N4O3S/c1-17-4-2-3-5-20(17)28-10-8-27(9-11-28)14-23-26-19(15-32-23)24(29)25-13-18-6-7-21-22(12-18)31-16-30-21/h2-7,12,15H,8-11,13-14,16H2,1H3,(H,25,29). The fraction of sp³-hybridized carbons (Fsp3) is 0.333. The van der Waals surface area contributed by atoms with Crippen LogP contribution in [0.5, 0.6) is 11.5 Å². The maximum Gasteiger partial charge on any atom is 0.271 e. The summed E-state index contributed by atoms with van der Waals surface area (Å²) in [5, 5.41) is 5.76. The van der Waals surface area contributed by atoms with E-state index in [-0.39, 0.29) is 12.7 Å². The van der Waals surface area contributed by atoms with E-state index in [2.05, 4.69) is 51.3 Å². The molecule has 1 N–H and O–H groups in total. The quantitative estimate of drug-likeness (QED) is 0.621. The van der Waals surface area contributed by atoms with Crippen LogP contribution in [0.1, 0.15) is 26.6 Å². The van der Waals surface area contributed by atoms with E-state index < -0.39 is 0 Å². The summed E-state index contributed by atoms with van der Waals surface area (Å²) in [4.78, 5) is 22.0. The maximum atomic E-state index is 12.5. The topological polar surface area (TPSA) is 66.9 Å². The second-order valence-electron chi connectivity index (χ2n) is 8.05. The number of hydrogen-bond donors (Lipinski definition) is 1. The smallest absolute Gasteiger partial charge is 0.271 e. The van der Waals surface area contributed by atoms with Crippen LogP contribution in [0.3, 0.4) is 0 Å². The van der Waals surface area contributed by atoms with Crippen LogP contribution >= 0.6 is 11.3 Å². The molecule has 1 aromatic heterocycles. The molecule has 8 heteroatoms. The molecule has 3 heterocycles. The molecule has 1 fully saturated rings. The number of ether oxygens (including phenoxy) is 2. The molecule has 0 saturated carbocycles. The Balaban J connectivity index is 1.12. The van der Waals surface area contributed by atoms with E-state index >= 15 is 0 Å². The van der Waals surface area contributed by atoms with Crippen LogP contribution in [-0.4, -0.2) is 48.8 Å². The highest BCUT2D eigenvalue weighted by Crippen LogP contribution is 2.32. The number of fused-ring (bicyclic) bond motifs is 1. The number of hydrogen-bond acceptors (Lipinski definition) is 7. The molecule has 1 saturated heterocycles. The molecule has 3 aromatic rings. The van der Waals surface area contributed by atoms with Gasteiger partial charge in [-0.15, -0.1) is 11.3 Å². The number of thiazole rings is 1. The van der Waals surface area contributed by atoms with Crippen molar-refractivity contribution in [3.63, 3.8) is 0 Å². The molecule has 2 aliphatic rings. The Bertz CT molecular complexity index is 1110. The van der Waals surface area contributed by atoms with Crippen LogP contribution in [0.15, 0.2) is 47.8 Å². The Labute approximate surface area is 191 Å². The van der Waals surface area contributed by atoms with E-state index in [1.54, 1.807) is 11.3 Å². The lowest BCUT2D eigenvalue weighted by Gasteiger charge is -2.36. The van der Waals surface area contributed by atoms with E-state index in [9.17, 15) is 4.79 Å². The summed E-state index contributed by atoms with van der Waals surface area (Å²) >= 11 is 1.55. The number of piperazine rings is 1. The van der Waals surface area contributed by atoms with E-state index in [0.29, 0.717) is 12.2 Å². The zero-order valence-electron chi connectivity index (χ0n) is 18.0. The molecule has 2 aromatic carbocycles. The van der Waals surface area contributed by atoms with Crippen molar-refractivity contribution >= 4 is 22.9 Å². The zero-order chi connectivity index (χ0) is 21.9. The molecule has 0 unspecified atom stereocenters. The first-order valence-corrected chi connectivity index (χ1v) is 11.7. The summed E-state index contributed by atoms with van der Waals surface area (Å²) in [7, 11) is 0. The first kappa shape index (κ1) is 20.8. The number of carbonyl (C=O) groups is 1. The Kier molecular flexibility index (Phi) is 5.96. The van der Waals surface area contributed by atoms with Crippen molar-refractivity contribution in [3.8, 4) is 11.5 Å². The van der Waals surface area contributed by atoms with Crippen molar-refractivity contribution in [2.75, 3.05) is 37.9 Å². The number of nitrogens with one attached hydrogen (secondary N) is 1. The molecule has 166 valence electrons. The predicted octanol–water partition coefficient (Wildman–Crippen LogP) is 3.43. The zero-order valence-corrected chi connectivity index (χ0v) is 18.9. The van der Waals surface area contributed by atoms with Crippen LogP contribution in [0.4, 0.5) is 5.69 Å². The van der Waals surface area contributed by atoms with Gasteiger partial charge in [-0.3, -0.25) is 9.69 Å². The number of carbonyl (C=O) groups excluding carboxylic acids is 1. The summed E-state index contributed by atoms with van der Waals surface area (Å²) in [5.41, 5.74) is 4.08. The average Bonchev–Trinajstić information content (AvgIpc) is 3.48. The normalized spacial score (nSPS) is 15.7. The lowest BCUT2D eigenvalue weighted by molar-refractivity contribution is 0.0946. The molecule has 0 aliphatic carbocycles. The van der Waals surface area contributed by atoms with Gasteiger partial charge in [0, 0.05) is 43.8 Å². The Morgan fingerprint density at radius 1 is 1.09 bits per heavy atom. The molecule has 0 atom stereocenters. The number of benzene rings is 2. The van der Waals surface area contributed by atoms with Gasteiger partial charge in [0.05, 0.1) is 6.54 Å². The SMILES string of the molecule is Cc1ccccc1N1CCN(Cc2nc(C(=O)NCc3ccc4c(c3)OCO4)cs2)CC1. The summed E-state index contributed by atoms with van der Waals surface area (Å²) < 4.78 is 10.7. The van der Waals surface area contributed by atoms with Gasteiger partial charge in [0.15, 0.2) is 11.5 Å². The minimum Gasteiger partial charge on any atom is -0.454 e. The van der Waals surface area contributed by atoms with Gasteiger partial charge in [-0.05, 0) is 36.2 Å². The molecule has 7 nitrogen and oxygen atoms in total. The van der Waals surface area contributed by atoms with E-state index in [4.69, 9.17) is 9.47 Å². The monoisotopic (exact) mass is 450 g/mol. The van der Waals surface area contributed by atoms with Crippen molar-refractivity contribution < 1.29 is 14.3 Å². The highest BCUT2D eigenvalue weighted by atomic mass is 32.1. The number of aromatic nitrogens is 1. The molecule has 32 heavy (non-hydrogen) atoms. The highest BCUT2D eigenvalue weighted by molar-refractivity contribution is 7.09. The lowest BCUT2D eigenvalue weighted by Crippen LogP contribution is -2.46. The highest BCUT2D eigenvalue weighted by Gasteiger charge is 2.20. The first-order valence-electron chi connectivity index (χ1n) is 10.8. The molecule has 0 spiro atoms. The maximum absolute atomic E-state index is 12.5. The fourth-order valence-electron chi connectivity index (χ4n) is 4.07. The summed E-state index contributed by atoms with van der Waals surface area (Å²) in [6.45, 7) is 7.58. The lowest BCUT2D eigenvalue weighted by atomic mass is 10.1. The number of para-hydroxylation sites is 1. The molecule has 0 radical (unpaired) electrons. The summed E-state index contributed by atoms with van der Waals surface area (Å²) in [6, 6.07) is 14.2. The minimum absolute atomic E-state index is 0.158. The number of amides is 1. The van der Waals surface area contributed by atoms with Crippen molar-refractivity contribution in [2.45, 2.75) is 20.0 Å². The first-order chi connectivity index (χ1) is 15.7. The molecule has 1 amide bonds. The number of nitrogens with zero attached hydrogens (tertiary/aromatic N) is 3. The summed E-state index contributed by atoms with van der Waals surface area (Å²) in [5.74, 6) is 1.30. The number of rotatable bonds is 6. The largest absolute Gasteiger partial charge is 0.454 e. The van der Waals surface area contributed by atoms with E-state index in [0.717, 1.165) is 54.8 Å². The number of anilines is 1. The van der Waals surface area contributed by atoms with Crippen molar-refractivity contribution in [3.05, 3.63) is 69.7 Å². The van der Waals surface area contributed by atoms with Gasteiger partial charge < -0.3 is 19.7 Å². The van der Waals surface area contributed by atoms with Crippen LogP contribution in [0, 0.1) is 6.92 Å². The van der Waals surface area contributed by atoms with E-state index in [1.165, 1.54) is 11.3 Å². The van der Waals surface area contributed by atoms with Crippen LogP contribution in [0.25, 0.3) is 0 Å². The van der Waals surface area contributed by atoms with Crippen molar-refractivity contribution in [1.82, 2.24) is 15.2 Å². The van der Waals surface area contributed by atoms with Gasteiger partial charge in [-0.1, -0.05) is 24.3 Å². The Hall–Kier alpha value is -3.10. The Morgan fingerprint density at radius 3 is 2.75 bits per heavy atom. The van der Waals surface area contributed by atoms with Crippen molar-refractivity contribution in [2.24, 2.45) is 0 Å². The third-order valence-electron chi connectivity index (χ3n) is 5.86. The van der Waals surface area contributed by atoms with Gasteiger partial charge in [-0.2, -0.15) is 0 Å². The second kappa shape index (κ2) is 9.18. The molecular formula is C24H26N4O3S. The molecule has 2 aliphatic heterocycles. The Morgan fingerprint density at radius 2 is 1.91 bits per heavy atom. The summed E-state index contributed by atoms with van der Waals surface area (Å²) in [6.07, 6.45) is 0. The fourth-order valence-corrected chi connectivity index (χ4v) is 4.88. The second-order valence-corrected chi connectivity index (χ2v) is 8.99. The van der Waals surface area contributed by atoms with Gasteiger partial charge in [-0.25, -0.2) is 4.98 Å². The van der Waals surface area contributed by atoms with Gasteiger partial charge in [0.25, 0.3) is 5.91 Å². The van der Waals surface area contributed by atoms with Crippen LogP contribution < -0.4 is 19.7 Å². The number of aryl methyl sites for hydroxylation is 1. The van der Waals surface area contributed by atoms with Gasteiger partial charge in [0.1, 0.15) is 10.7 Å². The van der Waals surface area contributed by atoms with Crippen LogP contribution in [0.2, 0.25) is 0 Å². The van der Waals surface area contributed by atoms with Crippen molar-refractivity contribution in [1.29, 1.82) is 0 Å². The molecule has 0 bridgehead atoms. The average molecular weight is 451 g/mol.